The Morgan fingerprint density at radius 1 is 1.21 bits per heavy atom. The van der Waals surface area contributed by atoms with Gasteiger partial charge in [0, 0.05) is 38.3 Å². The molecule has 0 saturated carbocycles. The lowest BCUT2D eigenvalue weighted by atomic mass is 10.0. The van der Waals surface area contributed by atoms with E-state index in [1.165, 1.54) is 6.92 Å². The fourth-order valence-corrected chi connectivity index (χ4v) is 2.81. The van der Waals surface area contributed by atoms with Gasteiger partial charge >= 0.3 is 6.61 Å². The summed E-state index contributed by atoms with van der Waals surface area (Å²) in [5, 5.41) is 9.36. The highest BCUT2D eigenvalue weighted by Crippen LogP contribution is 2.26. The molecule has 1 amide bonds. The molecular weight excluding hydrogens is 318 g/mol. The van der Waals surface area contributed by atoms with Gasteiger partial charge in [0.15, 0.2) is 0 Å². The topological polar surface area (TPSA) is 53.0 Å². The molecule has 1 saturated heterocycles. The van der Waals surface area contributed by atoms with Crippen molar-refractivity contribution in [1.29, 1.82) is 0 Å². The zero-order chi connectivity index (χ0) is 17.9. The number of carbonyl (C=O) groups is 1. The first-order valence-corrected chi connectivity index (χ1v) is 8.02. The number of carbonyl (C=O) groups excluding carboxylic acids is 1. The van der Waals surface area contributed by atoms with Crippen LogP contribution in [-0.4, -0.2) is 59.7 Å². The van der Waals surface area contributed by atoms with E-state index in [0.717, 1.165) is 11.1 Å². The van der Waals surface area contributed by atoms with E-state index in [1.807, 2.05) is 19.9 Å². The van der Waals surface area contributed by atoms with Gasteiger partial charge in [0.2, 0.25) is 0 Å². The van der Waals surface area contributed by atoms with Crippen molar-refractivity contribution < 1.29 is 23.4 Å². The minimum absolute atomic E-state index is 0.204. The molecule has 0 aliphatic carbocycles. The lowest BCUT2D eigenvalue weighted by molar-refractivity contribution is -0.141. The van der Waals surface area contributed by atoms with Crippen molar-refractivity contribution >= 4 is 5.91 Å². The zero-order valence-electron chi connectivity index (χ0n) is 14.3. The van der Waals surface area contributed by atoms with E-state index < -0.39 is 12.7 Å². The summed E-state index contributed by atoms with van der Waals surface area (Å²) in [7, 11) is 0. The van der Waals surface area contributed by atoms with Crippen LogP contribution in [0.1, 0.15) is 23.6 Å². The predicted molar refractivity (Wildman–Crippen MR) is 86.1 cm³/mol. The first kappa shape index (κ1) is 18.6. The maximum atomic E-state index is 12.6. The van der Waals surface area contributed by atoms with Gasteiger partial charge in [0.05, 0.1) is 0 Å². The lowest BCUT2D eigenvalue weighted by Crippen LogP contribution is -2.50. The number of hydrogen-bond acceptors (Lipinski definition) is 4. The molecule has 1 aromatic rings. The van der Waals surface area contributed by atoms with Gasteiger partial charge in [-0.2, -0.15) is 8.78 Å². The number of halogens is 2. The van der Waals surface area contributed by atoms with E-state index in [-0.39, 0.29) is 11.7 Å². The molecular formula is C17H24F2N2O3. The second-order valence-electron chi connectivity index (χ2n) is 6.20. The van der Waals surface area contributed by atoms with E-state index in [4.69, 9.17) is 0 Å². The molecule has 1 aliphatic heterocycles. The molecule has 1 atom stereocenters. The molecule has 2 rings (SSSR count). The van der Waals surface area contributed by atoms with Crippen LogP contribution in [0.25, 0.3) is 0 Å². The zero-order valence-corrected chi connectivity index (χ0v) is 14.3. The number of rotatable bonds is 5. The number of aryl methyl sites for hydroxylation is 2. The van der Waals surface area contributed by atoms with Crippen LogP contribution >= 0.6 is 0 Å². The van der Waals surface area contributed by atoms with E-state index in [2.05, 4.69) is 9.64 Å². The summed E-state index contributed by atoms with van der Waals surface area (Å²) in [6.45, 7) is 5.16. The minimum Gasteiger partial charge on any atom is -0.434 e. The van der Waals surface area contributed by atoms with Crippen LogP contribution in [0.5, 0.6) is 5.75 Å². The number of nitrogens with zero attached hydrogens (tertiary/aromatic N) is 2. The molecule has 1 N–H and O–H groups in total. The maximum absolute atomic E-state index is 12.6. The number of hydrogen-bond donors (Lipinski definition) is 1. The molecule has 0 bridgehead atoms. The van der Waals surface area contributed by atoms with Gasteiger partial charge in [-0.3, -0.25) is 9.69 Å². The summed E-state index contributed by atoms with van der Waals surface area (Å²) in [4.78, 5) is 15.5. The lowest BCUT2D eigenvalue weighted by Gasteiger charge is -2.35. The quantitative estimate of drug-likeness (QED) is 0.888. The molecule has 1 fully saturated rings. The summed E-state index contributed by atoms with van der Waals surface area (Å²) in [6, 6.07) is 3.52. The predicted octanol–water partition coefficient (Wildman–Crippen LogP) is 1.93. The van der Waals surface area contributed by atoms with Gasteiger partial charge in [-0.1, -0.05) is 6.07 Å². The first-order valence-electron chi connectivity index (χ1n) is 8.02. The molecule has 1 unspecified atom stereocenters. The average molecular weight is 342 g/mol. The Morgan fingerprint density at radius 2 is 1.79 bits per heavy atom. The van der Waals surface area contributed by atoms with Gasteiger partial charge in [-0.05, 0) is 38.0 Å². The van der Waals surface area contributed by atoms with Gasteiger partial charge in [-0.15, -0.1) is 0 Å². The van der Waals surface area contributed by atoms with Crippen molar-refractivity contribution in [1.82, 2.24) is 9.80 Å². The summed E-state index contributed by atoms with van der Waals surface area (Å²) in [5.41, 5.74) is 2.64. The van der Waals surface area contributed by atoms with Crippen LogP contribution in [-0.2, 0) is 11.3 Å². The highest BCUT2D eigenvalue weighted by Gasteiger charge is 2.24. The number of aliphatic hydroxyl groups is 1. The van der Waals surface area contributed by atoms with Gasteiger partial charge in [-0.25, -0.2) is 0 Å². The van der Waals surface area contributed by atoms with E-state index in [1.54, 1.807) is 11.0 Å². The Hall–Kier alpha value is -1.73. The molecule has 134 valence electrons. The van der Waals surface area contributed by atoms with Gasteiger partial charge in [0.25, 0.3) is 5.91 Å². The summed E-state index contributed by atoms with van der Waals surface area (Å²) in [6.07, 6.45) is -0.998. The Balaban J connectivity index is 2.04. The second-order valence-corrected chi connectivity index (χ2v) is 6.20. The Bertz CT molecular complexity index is 585. The number of aliphatic hydroxyl groups excluding tert-OH is 1. The molecule has 24 heavy (non-hydrogen) atoms. The maximum Gasteiger partial charge on any atom is 0.387 e. The minimum atomic E-state index is -2.86. The molecule has 7 heteroatoms. The summed E-state index contributed by atoms with van der Waals surface area (Å²) in [5.74, 6) is -0.0712. The van der Waals surface area contributed by atoms with Crippen LogP contribution in [0.4, 0.5) is 8.78 Å². The van der Waals surface area contributed by atoms with Crippen molar-refractivity contribution in [2.45, 2.75) is 40.0 Å². The van der Waals surface area contributed by atoms with Gasteiger partial charge in [0.1, 0.15) is 11.9 Å². The summed E-state index contributed by atoms with van der Waals surface area (Å²) >= 11 is 0. The third-order valence-electron chi connectivity index (χ3n) is 4.33. The van der Waals surface area contributed by atoms with Gasteiger partial charge < -0.3 is 14.7 Å². The molecule has 0 spiro atoms. The normalized spacial score (nSPS) is 17.2. The highest BCUT2D eigenvalue weighted by molar-refractivity contribution is 5.80. The largest absolute Gasteiger partial charge is 0.434 e. The fraction of sp³-hybridized carbons (Fsp3) is 0.588. The number of ether oxygens (including phenoxy) is 1. The first-order chi connectivity index (χ1) is 11.3. The Kier molecular flexibility index (Phi) is 6.12. The third-order valence-corrected chi connectivity index (χ3v) is 4.33. The molecule has 1 aliphatic rings. The van der Waals surface area contributed by atoms with Crippen LogP contribution in [0.2, 0.25) is 0 Å². The fourth-order valence-electron chi connectivity index (χ4n) is 2.81. The van der Waals surface area contributed by atoms with E-state index in [9.17, 15) is 18.7 Å². The molecule has 0 aromatic heterocycles. The smallest absolute Gasteiger partial charge is 0.387 e. The number of amides is 1. The van der Waals surface area contributed by atoms with Crippen molar-refractivity contribution in [2.24, 2.45) is 0 Å². The van der Waals surface area contributed by atoms with Crippen LogP contribution in [0.3, 0.4) is 0 Å². The van der Waals surface area contributed by atoms with Crippen molar-refractivity contribution in [3.63, 3.8) is 0 Å². The highest BCUT2D eigenvalue weighted by atomic mass is 19.3. The summed E-state index contributed by atoms with van der Waals surface area (Å²) < 4.78 is 29.9. The Labute approximate surface area is 140 Å². The van der Waals surface area contributed by atoms with Crippen LogP contribution in [0.15, 0.2) is 12.1 Å². The van der Waals surface area contributed by atoms with Crippen molar-refractivity contribution in [3.05, 3.63) is 28.8 Å². The number of alkyl halides is 2. The SMILES string of the molecule is Cc1cc(CN2CCN(C(=O)C(C)O)CC2)c(OC(F)F)cc1C. The average Bonchev–Trinajstić information content (AvgIpc) is 2.51. The monoisotopic (exact) mass is 342 g/mol. The standard InChI is InChI=1S/C17H24F2N2O3/c1-11-8-14(15(9-12(11)2)24-17(18)19)10-20-4-6-21(7-5-20)16(23)13(3)22/h8-9,13,17,22H,4-7,10H2,1-3H3. The number of benzene rings is 1. The van der Waals surface area contributed by atoms with E-state index >= 15 is 0 Å². The molecule has 0 radical (unpaired) electrons. The number of piperazine rings is 1. The molecule has 5 nitrogen and oxygen atoms in total. The Morgan fingerprint density at radius 3 is 2.33 bits per heavy atom. The third kappa shape index (κ3) is 4.64. The van der Waals surface area contributed by atoms with Crippen LogP contribution < -0.4 is 4.74 Å². The van der Waals surface area contributed by atoms with Crippen LogP contribution in [0, 0.1) is 13.8 Å². The van der Waals surface area contributed by atoms with Crippen molar-refractivity contribution in [3.8, 4) is 5.75 Å². The van der Waals surface area contributed by atoms with Crippen molar-refractivity contribution in [2.75, 3.05) is 26.2 Å². The molecule has 1 heterocycles. The second kappa shape index (κ2) is 7.90. The van der Waals surface area contributed by atoms with E-state index in [0.29, 0.717) is 38.3 Å². The molecule has 1 aromatic carbocycles.